The second-order valence-corrected chi connectivity index (χ2v) is 10.6. The van der Waals surface area contributed by atoms with Gasteiger partial charge in [0.2, 0.25) is 0 Å². The van der Waals surface area contributed by atoms with Crippen LogP contribution in [0.25, 0.3) is 0 Å². The second-order valence-electron chi connectivity index (χ2n) is 8.90. The van der Waals surface area contributed by atoms with Crippen LogP contribution in [0.3, 0.4) is 0 Å². The fraction of sp³-hybridized carbons (Fsp3) is 0.333. The number of anilines is 2. The summed E-state index contributed by atoms with van der Waals surface area (Å²) < 4.78 is 15.1. The Morgan fingerprint density at radius 3 is 1.49 bits per heavy atom. The maximum atomic E-state index is 5.59. The fourth-order valence-corrected chi connectivity index (χ4v) is 5.18. The van der Waals surface area contributed by atoms with Crippen molar-refractivity contribution in [3.63, 3.8) is 0 Å². The standard InChI is InChI=1S/C27H34N8O2S2/c1-32(20-8-10-22(24(18-20)36-5)28-30-26-34(3)14-16-38-26)12-7-13-33(2)21-9-11-23(25(19-21)37-6)29-31-27-35(4)15-17-39-27/h8-11,14-19H,7,12-13H2,1-6H3/q+2. The van der Waals surface area contributed by atoms with Crippen LogP contribution in [0.2, 0.25) is 0 Å². The molecule has 0 fully saturated rings. The molecule has 2 aromatic heterocycles. The van der Waals surface area contributed by atoms with E-state index in [2.05, 4.69) is 44.4 Å². The summed E-state index contributed by atoms with van der Waals surface area (Å²) in [4.78, 5) is 4.43. The minimum atomic E-state index is 0.691. The maximum Gasteiger partial charge on any atom is 0.408 e. The van der Waals surface area contributed by atoms with E-state index in [-0.39, 0.29) is 0 Å². The Hall–Kier alpha value is -3.90. The largest absolute Gasteiger partial charge is 0.494 e. The third-order valence-electron chi connectivity index (χ3n) is 6.20. The summed E-state index contributed by atoms with van der Waals surface area (Å²) in [6.07, 6.45) is 4.87. The quantitative estimate of drug-likeness (QED) is 0.150. The first-order chi connectivity index (χ1) is 18.9. The molecule has 0 aliphatic carbocycles. The van der Waals surface area contributed by atoms with Crippen LogP contribution in [-0.2, 0) is 14.1 Å². The van der Waals surface area contributed by atoms with Crippen molar-refractivity contribution in [2.45, 2.75) is 6.42 Å². The van der Waals surface area contributed by atoms with Gasteiger partial charge in [-0.2, -0.15) is 0 Å². The first-order valence-corrected chi connectivity index (χ1v) is 14.1. The summed E-state index contributed by atoms with van der Waals surface area (Å²) in [5.74, 6) is 1.38. The highest BCUT2D eigenvalue weighted by atomic mass is 32.1. The van der Waals surface area contributed by atoms with Gasteiger partial charge in [0, 0.05) is 61.5 Å². The third-order valence-corrected chi connectivity index (χ3v) is 7.88. The topological polar surface area (TPSA) is 82.1 Å². The van der Waals surface area contributed by atoms with Crippen LogP contribution in [0.5, 0.6) is 11.5 Å². The van der Waals surface area contributed by atoms with Crippen molar-refractivity contribution in [3.05, 3.63) is 59.6 Å². The van der Waals surface area contributed by atoms with Gasteiger partial charge in [-0.25, -0.2) is 9.13 Å². The molecule has 4 rings (SSSR count). The molecule has 0 N–H and O–H groups in total. The zero-order valence-electron chi connectivity index (χ0n) is 23.1. The summed E-state index contributed by atoms with van der Waals surface area (Å²) in [6, 6.07) is 12.0. The first kappa shape index (κ1) is 28.1. The van der Waals surface area contributed by atoms with Gasteiger partial charge in [0.15, 0.2) is 22.9 Å². The number of ether oxygens (including phenoxy) is 2. The number of aromatic nitrogens is 2. The van der Waals surface area contributed by atoms with Crippen LogP contribution >= 0.6 is 22.7 Å². The SMILES string of the molecule is COc1cc(N(C)CCCN(C)c2ccc(N=Nc3scc[n+]3C)c(OC)c2)ccc1N=Nc1scc[n+]1C. The molecule has 0 atom stereocenters. The number of hydrogen-bond acceptors (Lipinski definition) is 10. The Kier molecular flexibility index (Phi) is 9.55. The molecular formula is C27H34N8O2S2+2. The minimum Gasteiger partial charge on any atom is -0.494 e. The number of hydrogen-bond donors (Lipinski definition) is 0. The van der Waals surface area contributed by atoms with E-state index in [0.717, 1.165) is 41.1 Å². The Morgan fingerprint density at radius 1 is 0.692 bits per heavy atom. The van der Waals surface area contributed by atoms with Crippen molar-refractivity contribution in [2.24, 2.45) is 34.6 Å². The molecule has 0 saturated carbocycles. The van der Waals surface area contributed by atoms with Crippen LogP contribution in [0.4, 0.5) is 33.0 Å². The highest BCUT2D eigenvalue weighted by Crippen LogP contribution is 2.34. The van der Waals surface area contributed by atoms with Gasteiger partial charge in [-0.3, -0.25) is 0 Å². The summed E-state index contributed by atoms with van der Waals surface area (Å²) in [6.45, 7) is 1.75. The number of azo groups is 2. The van der Waals surface area contributed by atoms with Gasteiger partial charge in [0.25, 0.3) is 0 Å². The Labute approximate surface area is 237 Å². The normalized spacial score (nSPS) is 11.4. The van der Waals surface area contributed by atoms with Crippen molar-refractivity contribution in [1.29, 1.82) is 0 Å². The van der Waals surface area contributed by atoms with Gasteiger partial charge >= 0.3 is 10.3 Å². The van der Waals surface area contributed by atoms with E-state index in [0.29, 0.717) is 22.9 Å². The molecule has 39 heavy (non-hydrogen) atoms. The van der Waals surface area contributed by atoms with E-state index < -0.39 is 0 Å². The minimum absolute atomic E-state index is 0.691. The zero-order chi connectivity index (χ0) is 27.8. The summed E-state index contributed by atoms with van der Waals surface area (Å²) in [5, 5.41) is 23.1. The smallest absolute Gasteiger partial charge is 0.408 e. The van der Waals surface area contributed by atoms with E-state index in [1.165, 1.54) is 22.7 Å². The Balaban J connectivity index is 1.34. The van der Waals surface area contributed by atoms with Gasteiger partial charge in [-0.05, 0) is 63.6 Å². The molecule has 2 aromatic carbocycles. The molecule has 12 heteroatoms. The van der Waals surface area contributed by atoms with Gasteiger partial charge in [0.05, 0.1) is 38.5 Å². The summed E-state index contributed by atoms with van der Waals surface area (Å²) in [5.41, 5.74) is 3.52. The van der Waals surface area contributed by atoms with Crippen molar-refractivity contribution >= 4 is 55.7 Å². The molecule has 0 aliphatic heterocycles. The van der Waals surface area contributed by atoms with Crippen LogP contribution in [0.15, 0.2) is 80.0 Å². The number of methoxy groups -OCH3 is 2. The predicted molar refractivity (Wildman–Crippen MR) is 156 cm³/mol. The second kappa shape index (κ2) is 13.3. The average Bonchev–Trinajstić information content (AvgIpc) is 3.56. The van der Waals surface area contributed by atoms with E-state index >= 15 is 0 Å². The molecule has 0 radical (unpaired) electrons. The molecule has 2 heterocycles. The van der Waals surface area contributed by atoms with Crippen molar-refractivity contribution in [2.75, 3.05) is 51.2 Å². The molecule has 0 spiro atoms. The van der Waals surface area contributed by atoms with Gasteiger partial charge in [0.1, 0.15) is 12.4 Å². The number of nitrogens with zero attached hydrogens (tertiary/aromatic N) is 8. The van der Waals surface area contributed by atoms with E-state index in [1.54, 1.807) is 14.2 Å². The summed E-state index contributed by atoms with van der Waals surface area (Å²) in [7, 11) is 11.4. The average molecular weight is 567 g/mol. The molecule has 4 aromatic rings. The third kappa shape index (κ3) is 7.15. The Morgan fingerprint density at radius 2 is 1.13 bits per heavy atom. The Bertz CT molecular complexity index is 1340. The van der Waals surface area contributed by atoms with Crippen molar-refractivity contribution in [1.82, 2.24) is 0 Å². The lowest BCUT2D eigenvalue weighted by Crippen LogP contribution is -2.25. The predicted octanol–water partition coefficient (Wildman–Crippen LogP) is 6.27. The molecule has 0 bridgehead atoms. The van der Waals surface area contributed by atoms with Crippen LogP contribution in [0, 0.1) is 0 Å². The molecule has 0 unspecified atom stereocenters. The molecule has 204 valence electrons. The highest BCUT2D eigenvalue weighted by molar-refractivity contribution is 7.13. The molecule has 0 aliphatic rings. The lowest BCUT2D eigenvalue weighted by molar-refractivity contribution is -0.654. The van der Waals surface area contributed by atoms with Gasteiger partial charge in [-0.1, -0.05) is 0 Å². The first-order valence-electron chi connectivity index (χ1n) is 12.4. The molecule has 0 saturated heterocycles. The monoisotopic (exact) mass is 566 g/mol. The number of thiazole rings is 2. The lowest BCUT2D eigenvalue weighted by atomic mass is 10.2. The number of benzene rings is 2. The lowest BCUT2D eigenvalue weighted by Gasteiger charge is -2.24. The van der Waals surface area contributed by atoms with Crippen LogP contribution in [-0.4, -0.2) is 41.4 Å². The fourth-order valence-electron chi connectivity index (χ4n) is 3.82. The molecule has 10 nitrogen and oxygen atoms in total. The van der Waals surface area contributed by atoms with E-state index in [9.17, 15) is 0 Å². The van der Waals surface area contributed by atoms with E-state index in [1.807, 2.05) is 82.8 Å². The molecular weight excluding hydrogens is 532 g/mol. The maximum absolute atomic E-state index is 5.59. The zero-order valence-corrected chi connectivity index (χ0v) is 24.7. The van der Waals surface area contributed by atoms with Crippen molar-refractivity contribution in [3.8, 4) is 11.5 Å². The van der Waals surface area contributed by atoms with E-state index in [4.69, 9.17) is 9.47 Å². The van der Waals surface area contributed by atoms with Gasteiger partial charge in [-0.15, -0.1) is 0 Å². The van der Waals surface area contributed by atoms with Gasteiger partial charge < -0.3 is 19.3 Å². The number of rotatable bonds is 12. The van der Waals surface area contributed by atoms with Crippen LogP contribution in [0.1, 0.15) is 6.42 Å². The van der Waals surface area contributed by atoms with Crippen LogP contribution < -0.4 is 28.4 Å². The number of aryl methyl sites for hydroxylation is 2. The summed E-state index contributed by atoms with van der Waals surface area (Å²) >= 11 is 3.08. The molecule has 0 amide bonds. The van der Waals surface area contributed by atoms with Crippen molar-refractivity contribution < 1.29 is 18.6 Å². The highest BCUT2D eigenvalue weighted by Gasteiger charge is 2.14.